The Labute approximate surface area is 134 Å². The summed E-state index contributed by atoms with van der Waals surface area (Å²) in [6, 6.07) is 8.13. The minimum atomic E-state index is -0.0473. The lowest BCUT2D eigenvalue weighted by molar-refractivity contribution is 0.591. The van der Waals surface area contributed by atoms with Crippen molar-refractivity contribution in [1.82, 2.24) is 9.78 Å². The number of benzene rings is 1. The van der Waals surface area contributed by atoms with Gasteiger partial charge >= 0.3 is 0 Å². The van der Waals surface area contributed by atoms with E-state index in [0.29, 0.717) is 0 Å². The largest absolute Gasteiger partial charge is 0.322 e. The Morgan fingerprint density at radius 3 is 2.74 bits per heavy atom. The van der Waals surface area contributed by atoms with E-state index in [1.807, 2.05) is 29.1 Å². The Balaban J connectivity index is 2.07. The summed E-state index contributed by atoms with van der Waals surface area (Å²) in [7, 11) is 0. The van der Waals surface area contributed by atoms with Crippen LogP contribution in [0, 0.1) is 0 Å². The van der Waals surface area contributed by atoms with Crippen molar-refractivity contribution < 1.29 is 0 Å². The lowest BCUT2D eigenvalue weighted by Gasteiger charge is -2.14. The number of halogens is 2. The Morgan fingerprint density at radius 2 is 2.05 bits per heavy atom. The summed E-state index contributed by atoms with van der Waals surface area (Å²) in [6.07, 6.45) is 1.81. The van der Waals surface area contributed by atoms with Crippen LogP contribution in [-0.4, -0.2) is 15.5 Å². The normalized spacial score (nSPS) is 12.6. The molecule has 0 bridgehead atoms. The fourth-order valence-corrected chi connectivity index (χ4v) is 3.93. The van der Waals surface area contributed by atoms with E-state index >= 15 is 0 Å². The molecule has 0 amide bonds. The molecule has 3 nitrogen and oxygen atoms in total. The second kappa shape index (κ2) is 6.92. The van der Waals surface area contributed by atoms with Crippen LogP contribution < -0.4 is 5.73 Å². The van der Waals surface area contributed by atoms with Crippen LogP contribution in [0.2, 0.25) is 0 Å². The molecule has 0 aliphatic rings. The van der Waals surface area contributed by atoms with E-state index in [1.54, 1.807) is 11.8 Å². The standard InChI is InChI=1S/C13H15Br2N3S/c1-2-18-13(10(15)7-17-18)11(16)8-19-12-6-4-3-5-9(12)14/h3-7,11H,2,8,16H2,1H3. The number of hydrogen-bond donors (Lipinski definition) is 1. The maximum atomic E-state index is 6.29. The molecule has 0 fully saturated rings. The monoisotopic (exact) mass is 403 g/mol. The first-order chi connectivity index (χ1) is 9.13. The first kappa shape index (κ1) is 15.1. The molecule has 0 spiro atoms. The quantitative estimate of drug-likeness (QED) is 0.758. The van der Waals surface area contributed by atoms with Crippen LogP contribution in [0.15, 0.2) is 44.3 Å². The van der Waals surface area contributed by atoms with E-state index in [1.165, 1.54) is 4.90 Å². The molecule has 6 heteroatoms. The lowest BCUT2D eigenvalue weighted by Crippen LogP contribution is -2.18. The fourth-order valence-electron chi connectivity index (χ4n) is 1.81. The van der Waals surface area contributed by atoms with Crippen LogP contribution in [0.3, 0.4) is 0 Å². The fraction of sp³-hybridized carbons (Fsp3) is 0.308. The highest BCUT2D eigenvalue weighted by Gasteiger charge is 2.16. The molecular formula is C13H15Br2N3S. The SMILES string of the molecule is CCn1ncc(Br)c1C(N)CSc1ccccc1Br. The molecule has 1 heterocycles. The minimum absolute atomic E-state index is 0.0473. The minimum Gasteiger partial charge on any atom is -0.322 e. The van der Waals surface area contributed by atoms with Gasteiger partial charge in [-0.2, -0.15) is 5.10 Å². The van der Waals surface area contributed by atoms with Crippen molar-refractivity contribution in [2.45, 2.75) is 24.4 Å². The van der Waals surface area contributed by atoms with E-state index in [-0.39, 0.29) is 6.04 Å². The predicted octanol–water partition coefficient (Wildman–Crippen LogP) is 4.22. The van der Waals surface area contributed by atoms with Crippen LogP contribution >= 0.6 is 43.6 Å². The van der Waals surface area contributed by atoms with Gasteiger partial charge in [0, 0.05) is 21.7 Å². The van der Waals surface area contributed by atoms with E-state index in [2.05, 4.69) is 49.9 Å². The third-order valence-electron chi connectivity index (χ3n) is 2.74. The number of nitrogens with zero attached hydrogens (tertiary/aromatic N) is 2. The third kappa shape index (κ3) is 3.62. The van der Waals surface area contributed by atoms with E-state index in [9.17, 15) is 0 Å². The van der Waals surface area contributed by atoms with Crippen molar-refractivity contribution in [3.8, 4) is 0 Å². The topological polar surface area (TPSA) is 43.8 Å². The molecule has 0 radical (unpaired) electrons. The second-order valence-corrected chi connectivity index (χ2v) is 6.81. The van der Waals surface area contributed by atoms with Gasteiger partial charge in [-0.15, -0.1) is 11.8 Å². The maximum absolute atomic E-state index is 6.29. The molecule has 2 rings (SSSR count). The molecule has 1 unspecified atom stereocenters. The molecule has 0 aliphatic heterocycles. The van der Waals surface area contributed by atoms with Gasteiger partial charge in [-0.25, -0.2) is 0 Å². The van der Waals surface area contributed by atoms with Crippen LogP contribution in [0.5, 0.6) is 0 Å². The first-order valence-electron chi connectivity index (χ1n) is 5.97. The van der Waals surface area contributed by atoms with Crippen molar-refractivity contribution in [2.24, 2.45) is 5.73 Å². The van der Waals surface area contributed by atoms with Gasteiger partial charge in [-0.1, -0.05) is 12.1 Å². The number of aryl methyl sites for hydroxylation is 1. The highest BCUT2D eigenvalue weighted by Crippen LogP contribution is 2.31. The highest BCUT2D eigenvalue weighted by atomic mass is 79.9. The number of hydrogen-bond acceptors (Lipinski definition) is 3. The van der Waals surface area contributed by atoms with Gasteiger partial charge in [-0.3, -0.25) is 4.68 Å². The Kier molecular flexibility index (Phi) is 5.50. The number of nitrogens with two attached hydrogens (primary N) is 1. The highest BCUT2D eigenvalue weighted by molar-refractivity contribution is 9.10. The molecule has 0 aliphatic carbocycles. The molecule has 102 valence electrons. The molecule has 2 N–H and O–H groups in total. The van der Waals surface area contributed by atoms with Crippen molar-refractivity contribution in [3.05, 3.63) is 45.1 Å². The summed E-state index contributed by atoms with van der Waals surface area (Å²) in [5.74, 6) is 0.812. The summed E-state index contributed by atoms with van der Waals surface area (Å²) >= 11 is 8.81. The number of aromatic nitrogens is 2. The van der Waals surface area contributed by atoms with Gasteiger partial charge in [0.15, 0.2) is 0 Å². The molecule has 1 aromatic heterocycles. The van der Waals surface area contributed by atoms with Crippen molar-refractivity contribution in [1.29, 1.82) is 0 Å². The number of rotatable bonds is 5. The summed E-state index contributed by atoms with van der Waals surface area (Å²) < 4.78 is 4.03. The van der Waals surface area contributed by atoms with Crippen molar-refractivity contribution in [3.63, 3.8) is 0 Å². The Bertz CT molecular complexity index is 557. The van der Waals surface area contributed by atoms with Crippen LogP contribution in [-0.2, 0) is 6.54 Å². The Hall–Kier alpha value is -0.300. The lowest BCUT2D eigenvalue weighted by atomic mass is 10.2. The van der Waals surface area contributed by atoms with Gasteiger partial charge < -0.3 is 5.73 Å². The van der Waals surface area contributed by atoms with Gasteiger partial charge in [0.05, 0.1) is 22.4 Å². The van der Waals surface area contributed by atoms with Gasteiger partial charge in [0.2, 0.25) is 0 Å². The second-order valence-electron chi connectivity index (χ2n) is 4.04. The van der Waals surface area contributed by atoms with Gasteiger partial charge in [-0.05, 0) is 50.9 Å². The zero-order valence-electron chi connectivity index (χ0n) is 10.5. The smallest absolute Gasteiger partial charge is 0.0701 e. The summed E-state index contributed by atoms with van der Waals surface area (Å²) in [4.78, 5) is 1.21. The Morgan fingerprint density at radius 1 is 1.32 bits per heavy atom. The maximum Gasteiger partial charge on any atom is 0.0701 e. The van der Waals surface area contributed by atoms with Crippen LogP contribution in [0.4, 0.5) is 0 Å². The summed E-state index contributed by atoms with van der Waals surface area (Å²) in [5, 5.41) is 4.30. The summed E-state index contributed by atoms with van der Waals surface area (Å²) in [5.41, 5.74) is 7.35. The molecular weight excluding hydrogens is 390 g/mol. The average Bonchev–Trinajstić information content (AvgIpc) is 2.78. The molecule has 0 saturated carbocycles. The van der Waals surface area contributed by atoms with Crippen molar-refractivity contribution in [2.75, 3.05) is 5.75 Å². The molecule has 1 aromatic carbocycles. The number of thioether (sulfide) groups is 1. The van der Waals surface area contributed by atoms with Gasteiger partial charge in [0.1, 0.15) is 0 Å². The molecule has 2 aromatic rings. The average molecular weight is 405 g/mol. The van der Waals surface area contributed by atoms with Crippen molar-refractivity contribution >= 4 is 43.6 Å². The zero-order valence-corrected chi connectivity index (χ0v) is 14.5. The van der Waals surface area contributed by atoms with Crippen LogP contribution in [0.25, 0.3) is 0 Å². The zero-order chi connectivity index (χ0) is 13.8. The van der Waals surface area contributed by atoms with Crippen LogP contribution in [0.1, 0.15) is 18.7 Å². The van der Waals surface area contributed by atoms with Gasteiger partial charge in [0.25, 0.3) is 0 Å². The molecule has 0 saturated heterocycles. The van der Waals surface area contributed by atoms with E-state index in [0.717, 1.165) is 26.9 Å². The molecule has 19 heavy (non-hydrogen) atoms. The van der Waals surface area contributed by atoms with E-state index < -0.39 is 0 Å². The van der Waals surface area contributed by atoms with E-state index in [4.69, 9.17) is 5.73 Å². The predicted molar refractivity (Wildman–Crippen MR) is 87.4 cm³/mol. The first-order valence-corrected chi connectivity index (χ1v) is 8.54. The molecule has 1 atom stereocenters. The summed E-state index contributed by atoms with van der Waals surface area (Å²) in [6.45, 7) is 2.89. The third-order valence-corrected chi connectivity index (χ3v) is 5.50.